The summed E-state index contributed by atoms with van der Waals surface area (Å²) in [5.74, 6) is 0. The van der Waals surface area contributed by atoms with Gasteiger partial charge in [-0.05, 0) is 58.7 Å². The van der Waals surface area contributed by atoms with Crippen LogP contribution < -0.4 is 0 Å². The van der Waals surface area contributed by atoms with Gasteiger partial charge in [0.2, 0.25) is 0 Å². The van der Waals surface area contributed by atoms with Crippen molar-refractivity contribution in [3.63, 3.8) is 0 Å². The van der Waals surface area contributed by atoms with E-state index in [1.165, 1.54) is 45.2 Å². The predicted octanol–water partition coefficient (Wildman–Crippen LogP) is 1.82. The van der Waals surface area contributed by atoms with Crippen LogP contribution in [0.1, 0.15) is 46.0 Å². The molecule has 5 nitrogen and oxygen atoms in total. The van der Waals surface area contributed by atoms with Crippen LogP contribution >= 0.6 is 0 Å². The average Bonchev–Trinajstić information content (AvgIpc) is 3.40. The van der Waals surface area contributed by atoms with E-state index in [-0.39, 0.29) is 5.60 Å². The summed E-state index contributed by atoms with van der Waals surface area (Å²) in [7, 11) is 0. The number of piperidine rings is 1. The molecule has 0 bridgehead atoms. The van der Waals surface area contributed by atoms with Crippen molar-refractivity contribution >= 4 is 0 Å². The maximum absolute atomic E-state index is 6.32. The molecule has 0 aromatic heterocycles. The Hall–Kier alpha value is -0.200. The number of morpholine rings is 2. The maximum atomic E-state index is 6.32. The third kappa shape index (κ3) is 3.91. The number of ether oxygens (including phenoxy) is 2. The predicted molar refractivity (Wildman–Crippen MR) is 100 cm³/mol. The van der Waals surface area contributed by atoms with E-state index in [4.69, 9.17) is 9.47 Å². The van der Waals surface area contributed by atoms with Crippen LogP contribution in [0.3, 0.4) is 0 Å². The fraction of sp³-hybridized carbons (Fsp3) is 1.00. The Labute approximate surface area is 153 Å². The van der Waals surface area contributed by atoms with Gasteiger partial charge < -0.3 is 14.4 Å². The van der Waals surface area contributed by atoms with Gasteiger partial charge in [-0.25, -0.2) is 0 Å². The molecule has 144 valence electrons. The van der Waals surface area contributed by atoms with Gasteiger partial charge in [0.1, 0.15) is 0 Å². The van der Waals surface area contributed by atoms with Gasteiger partial charge in [0.25, 0.3) is 0 Å². The van der Waals surface area contributed by atoms with E-state index in [9.17, 15) is 0 Å². The minimum Gasteiger partial charge on any atom is -0.378 e. The average molecular weight is 352 g/mol. The molecule has 0 radical (unpaired) electrons. The summed E-state index contributed by atoms with van der Waals surface area (Å²) in [5, 5.41) is 0. The van der Waals surface area contributed by atoms with Gasteiger partial charge in [-0.15, -0.1) is 0 Å². The SMILES string of the molecule is CCN1CCC[C@@]2(C1)CN(CCC(C)N1CCOCC13CC3)CCO2. The van der Waals surface area contributed by atoms with Crippen molar-refractivity contribution in [1.29, 1.82) is 0 Å². The Kier molecular flexibility index (Phi) is 5.40. The van der Waals surface area contributed by atoms with Crippen LogP contribution in [0.25, 0.3) is 0 Å². The summed E-state index contributed by atoms with van der Waals surface area (Å²) < 4.78 is 12.1. The van der Waals surface area contributed by atoms with Crippen LogP contribution in [-0.4, -0.2) is 97.5 Å². The largest absolute Gasteiger partial charge is 0.378 e. The minimum absolute atomic E-state index is 0.104. The first-order chi connectivity index (χ1) is 12.1. The summed E-state index contributed by atoms with van der Waals surface area (Å²) in [6.45, 7) is 15.6. The summed E-state index contributed by atoms with van der Waals surface area (Å²) in [6, 6.07) is 0.670. The number of likely N-dealkylation sites (N-methyl/N-ethyl adjacent to an activating group) is 1. The van der Waals surface area contributed by atoms with Crippen LogP contribution in [0.5, 0.6) is 0 Å². The highest BCUT2D eigenvalue weighted by Gasteiger charge is 2.51. The zero-order valence-electron chi connectivity index (χ0n) is 16.3. The lowest BCUT2D eigenvalue weighted by Gasteiger charge is -2.48. The first kappa shape index (κ1) is 18.2. The Morgan fingerprint density at radius 2 is 1.84 bits per heavy atom. The van der Waals surface area contributed by atoms with Crippen molar-refractivity contribution < 1.29 is 9.47 Å². The van der Waals surface area contributed by atoms with E-state index in [2.05, 4.69) is 28.5 Å². The van der Waals surface area contributed by atoms with Gasteiger partial charge in [-0.2, -0.15) is 0 Å². The van der Waals surface area contributed by atoms with Gasteiger partial charge in [-0.1, -0.05) is 6.92 Å². The van der Waals surface area contributed by atoms with Gasteiger partial charge in [0.15, 0.2) is 0 Å². The highest BCUT2D eigenvalue weighted by atomic mass is 16.5. The third-order valence-corrected chi connectivity index (χ3v) is 7.07. The second-order valence-corrected chi connectivity index (χ2v) is 8.89. The van der Waals surface area contributed by atoms with Gasteiger partial charge >= 0.3 is 0 Å². The molecule has 25 heavy (non-hydrogen) atoms. The molecule has 1 aliphatic carbocycles. The molecule has 1 saturated carbocycles. The number of rotatable bonds is 5. The van der Waals surface area contributed by atoms with Crippen molar-refractivity contribution in [2.24, 2.45) is 0 Å². The third-order valence-electron chi connectivity index (χ3n) is 7.07. The lowest BCUT2D eigenvalue weighted by atomic mass is 9.90. The summed E-state index contributed by atoms with van der Waals surface area (Å²) in [6.07, 6.45) is 6.47. The molecule has 4 fully saturated rings. The van der Waals surface area contributed by atoms with E-state index < -0.39 is 0 Å². The Bertz CT molecular complexity index is 452. The van der Waals surface area contributed by atoms with Gasteiger partial charge in [-0.3, -0.25) is 9.80 Å². The molecule has 3 heterocycles. The number of nitrogens with zero attached hydrogens (tertiary/aromatic N) is 3. The molecule has 0 amide bonds. The Balaban J connectivity index is 1.29. The van der Waals surface area contributed by atoms with E-state index in [0.29, 0.717) is 11.6 Å². The minimum atomic E-state index is 0.104. The van der Waals surface area contributed by atoms with Gasteiger partial charge in [0.05, 0.1) is 25.4 Å². The topological polar surface area (TPSA) is 28.2 Å². The van der Waals surface area contributed by atoms with E-state index in [0.717, 1.165) is 52.5 Å². The quantitative estimate of drug-likeness (QED) is 0.753. The molecule has 4 aliphatic rings. The molecule has 1 unspecified atom stereocenters. The lowest BCUT2D eigenvalue weighted by molar-refractivity contribution is -0.140. The van der Waals surface area contributed by atoms with Crippen molar-refractivity contribution in [3.05, 3.63) is 0 Å². The molecule has 2 atom stereocenters. The van der Waals surface area contributed by atoms with Crippen LogP contribution in [0.15, 0.2) is 0 Å². The van der Waals surface area contributed by atoms with Crippen molar-refractivity contribution in [2.45, 2.75) is 63.1 Å². The normalized spacial score (nSPS) is 35.3. The standard InChI is InChI=1S/C20H37N3O2/c1-3-21-9-4-6-20(15-21)16-22(11-14-25-20)10-5-18(2)23-12-13-24-17-19(23)7-8-19/h18H,3-17H2,1-2H3/t18?,20-/m1/s1. The Morgan fingerprint density at radius 3 is 2.64 bits per heavy atom. The van der Waals surface area contributed by atoms with Crippen molar-refractivity contribution in [1.82, 2.24) is 14.7 Å². The molecule has 0 aromatic rings. The van der Waals surface area contributed by atoms with Crippen LogP contribution in [0.4, 0.5) is 0 Å². The van der Waals surface area contributed by atoms with E-state index >= 15 is 0 Å². The number of hydrogen-bond donors (Lipinski definition) is 0. The molecule has 3 aliphatic heterocycles. The summed E-state index contributed by atoms with van der Waals surface area (Å²) >= 11 is 0. The smallest absolute Gasteiger partial charge is 0.0935 e. The van der Waals surface area contributed by atoms with Crippen LogP contribution in [0.2, 0.25) is 0 Å². The van der Waals surface area contributed by atoms with Gasteiger partial charge in [0, 0.05) is 37.8 Å². The second-order valence-electron chi connectivity index (χ2n) is 8.89. The van der Waals surface area contributed by atoms with Crippen molar-refractivity contribution in [2.75, 3.05) is 65.6 Å². The number of likely N-dealkylation sites (tertiary alicyclic amines) is 1. The van der Waals surface area contributed by atoms with E-state index in [1.807, 2.05) is 0 Å². The molecule has 2 spiro atoms. The molecule has 4 rings (SSSR count). The first-order valence-corrected chi connectivity index (χ1v) is 10.6. The summed E-state index contributed by atoms with van der Waals surface area (Å²) in [4.78, 5) is 8.01. The zero-order valence-corrected chi connectivity index (χ0v) is 16.3. The van der Waals surface area contributed by atoms with Crippen LogP contribution in [-0.2, 0) is 9.47 Å². The van der Waals surface area contributed by atoms with Crippen LogP contribution in [0, 0.1) is 0 Å². The number of hydrogen-bond acceptors (Lipinski definition) is 5. The van der Waals surface area contributed by atoms with E-state index in [1.54, 1.807) is 0 Å². The molecule has 3 saturated heterocycles. The lowest BCUT2D eigenvalue weighted by Crippen LogP contribution is -2.60. The molecule has 0 N–H and O–H groups in total. The highest BCUT2D eigenvalue weighted by molar-refractivity contribution is 5.06. The molecule has 0 aromatic carbocycles. The fourth-order valence-electron chi connectivity index (χ4n) is 5.36. The zero-order chi connectivity index (χ0) is 17.3. The monoisotopic (exact) mass is 351 g/mol. The summed E-state index contributed by atoms with van der Waals surface area (Å²) in [5.41, 5.74) is 0.515. The Morgan fingerprint density at radius 1 is 1.00 bits per heavy atom. The molecule has 5 heteroatoms. The molecular formula is C20H37N3O2. The molecular weight excluding hydrogens is 314 g/mol. The highest BCUT2D eigenvalue weighted by Crippen LogP contribution is 2.45. The fourth-order valence-corrected chi connectivity index (χ4v) is 5.36. The van der Waals surface area contributed by atoms with Crippen molar-refractivity contribution in [3.8, 4) is 0 Å². The first-order valence-electron chi connectivity index (χ1n) is 10.6. The maximum Gasteiger partial charge on any atom is 0.0935 e. The second kappa shape index (κ2) is 7.43.